The van der Waals surface area contributed by atoms with Crippen molar-refractivity contribution >= 4 is 20.1 Å². The van der Waals surface area contributed by atoms with Crippen LogP contribution in [0.15, 0.2) is 54.6 Å². The smallest absolute Gasteiger partial charge is 0.409 e. The van der Waals surface area contributed by atoms with E-state index in [1.165, 1.54) is 6.92 Å². The lowest BCUT2D eigenvalue weighted by Crippen LogP contribution is -2.38. The zero-order valence-electron chi connectivity index (χ0n) is 18.3. The van der Waals surface area contributed by atoms with Crippen LogP contribution in [-0.2, 0) is 25.0 Å². The maximum atomic E-state index is 12.4. The minimum Gasteiger partial charge on any atom is -0.481 e. The Morgan fingerprint density at radius 3 is 2.16 bits per heavy atom. The predicted octanol–water partition coefficient (Wildman–Crippen LogP) is 4.96. The second-order valence-corrected chi connectivity index (χ2v) is 9.67. The number of carboxylic acid groups (broad SMARTS) is 1. The molecule has 0 aliphatic carbocycles. The highest BCUT2D eigenvalue weighted by Gasteiger charge is 2.24. The van der Waals surface area contributed by atoms with Gasteiger partial charge in [0, 0.05) is 6.16 Å². The summed E-state index contributed by atoms with van der Waals surface area (Å²) in [5, 5.41) is 12.0. The van der Waals surface area contributed by atoms with Crippen LogP contribution >= 0.6 is 8.03 Å². The van der Waals surface area contributed by atoms with E-state index in [1.54, 1.807) is 20.8 Å². The highest BCUT2D eigenvalue weighted by molar-refractivity contribution is 7.39. The summed E-state index contributed by atoms with van der Waals surface area (Å²) < 4.78 is 22.8. The van der Waals surface area contributed by atoms with Crippen LogP contribution in [-0.4, -0.2) is 35.2 Å². The zero-order valence-corrected chi connectivity index (χ0v) is 19.3. The van der Waals surface area contributed by atoms with Crippen molar-refractivity contribution in [3.05, 3.63) is 60.2 Å². The maximum absolute atomic E-state index is 12.4. The molecule has 8 heteroatoms. The lowest BCUT2D eigenvalue weighted by molar-refractivity contribution is -0.141. The number of carbonyl (C=O) groups excluding carboxylic acids is 1. The third-order valence-corrected chi connectivity index (χ3v) is 5.78. The number of amides is 1. The van der Waals surface area contributed by atoms with Gasteiger partial charge < -0.3 is 14.4 Å². The Bertz CT molecular complexity index is 893. The van der Waals surface area contributed by atoms with Gasteiger partial charge in [-0.3, -0.25) is 14.7 Å². The van der Waals surface area contributed by atoms with Crippen LogP contribution in [0.3, 0.4) is 0 Å². The van der Waals surface area contributed by atoms with Crippen LogP contribution < -0.4 is 5.32 Å². The Kier molecular flexibility index (Phi) is 8.84. The van der Waals surface area contributed by atoms with Crippen molar-refractivity contribution in [1.82, 2.24) is 5.32 Å². The number of aliphatic carboxylic acids is 1. The molecule has 168 valence electrons. The first-order chi connectivity index (χ1) is 14.5. The van der Waals surface area contributed by atoms with Gasteiger partial charge in [0.15, 0.2) is 8.03 Å². The summed E-state index contributed by atoms with van der Waals surface area (Å²) in [5.41, 5.74) is 2.28. The second kappa shape index (κ2) is 11.1. The molecule has 31 heavy (non-hydrogen) atoms. The molecular weight excluding hydrogens is 417 g/mol. The molecule has 0 fully saturated rings. The number of hydrogen-bond acceptors (Lipinski definition) is 5. The van der Waals surface area contributed by atoms with Gasteiger partial charge in [-0.1, -0.05) is 54.6 Å². The highest BCUT2D eigenvalue weighted by Crippen LogP contribution is 2.29. The average Bonchev–Trinajstić information content (AvgIpc) is 2.66. The van der Waals surface area contributed by atoms with Crippen LogP contribution in [0.5, 0.6) is 0 Å². The number of carbonyl (C=O) groups is 2. The molecule has 2 unspecified atom stereocenters. The Hall–Kier alpha value is -2.63. The fourth-order valence-electron chi connectivity index (χ4n) is 2.94. The van der Waals surface area contributed by atoms with Crippen LogP contribution in [0.4, 0.5) is 4.79 Å². The summed E-state index contributed by atoms with van der Waals surface area (Å²) in [5.74, 6) is -1.90. The van der Waals surface area contributed by atoms with Crippen molar-refractivity contribution < 1.29 is 28.5 Å². The zero-order chi connectivity index (χ0) is 23.0. The van der Waals surface area contributed by atoms with E-state index in [-0.39, 0.29) is 12.6 Å². The van der Waals surface area contributed by atoms with Crippen molar-refractivity contribution in [3.8, 4) is 11.1 Å². The van der Waals surface area contributed by atoms with Crippen molar-refractivity contribution in [2.75, 3.05) is 6.16 Å². The van der Waals surface area contributed by atoms with Gasteiger partial charge in [-0.05, 0) is 50.8 Å². The molecule has 0 heterocycles. The van der Waals surface area contributed by atoms with Gasteiger partial charge in [0.05, 0.1) is 5.92 Å². The van der Waals surface area contributed by atoms with E-state index in [0.29, 0.717) is 0 Å². The predicted molar refractivity (Wildman–Crippen MR) is 120 cm³/mol. The Morgan fingerprint density at radius 1 is 1.03 bits per heavy atom. The molecule has 3 atom stereocenters. The SMILES string of the molecule is C[C@H](NC(=O)OC(C)(C)C)O[PH](=O)CC(Cc1ccc(-c2ccccc2)cc1)C(=O)O. The van der Waals surface area contributed by atoms with Gasteiger partial charge in [-0.25, -0.2) is 4.79 Å². The minimum absolute atomic E-state index is 0.124. The fourth-order valence-corrected chi connectivity index (χ4v) is 4.22. The summed E-state index contributed by atoms with van der Waals surface area (Å²) in [6.07, 6.45) is -1.44. The lowest BCUT2D eigenvalue weighted by Gasteiger charge is -2.22. The third-order valence-electron chi connectivity index (χ3n) is 4.33. The number of rotatable bonds is 9. The molecule has 0 saturated carbocycles. The molecule has 2 aromatic carbocycles. The molecule has 2 aromatic rings. The number of carboxylic acids is 1. The first kappa shape index (κ1) is 24.6. The van der Waals surface area contributed by atoms with Gasteiger partial charge in [0.25, 0.3) is 0 Å². The molecular formula is C23H30NO6P. The second-order valence-electron chi connectivity index (χ2n) is 8.28. The standard InChI is InChI=1S/C23H30NO6P/c1-16(24-22(27)29-23(2,3)4)30-31(28)15-20(21(25)26)14-17-10-12-19(13-11-17)18-8-6-5-7-9-18/h5-13,16,20,31H,14-15H2,1-4H3,(H,24,27)(H,25,26)/t16-,20?/m1/s1. The Morgan fingerprint density at radius 2 is 1.61 bits per heavy atom. The molecule has 7 nitrogen and oxygen atoms in total. The van der Waals surface area contributed by atoms with Gasteiger partial charge in [-0.15, -0.1) is 0 Å². The van der Waals surface area contributed by atoms with E-state index in [4.69, 9.17) is 9.26 Å². The molecule has 0 aliphatic heterocycles. The number of alkyl carbamates (subject to hydrolysis) is 1. The van der Waals surface area contributed by atoms with Gasteiger partial charge >= 0.3 is 12.1 Å². The fraction of sp³-hybridized carbons (Fsp3) is 0.391. The van der Waals surface area contributed by atoms with Crippen molar-refractivity contribution in [3.63, 3.8) is 0 Å². The largest absolute Gasteiger partial charge is 0.481 e. The minimum atomic E-state index is -2.69. The summed E-state index contributed by atoms with van der Waals surface area (Å²) in [7, 11) is -2.69. The van der Waals surface area contributed by atoms with Gasteiger partial charge in [0.1, 0.15) is 11.8 Å². The first-order valence-electron chi connectivity index (χ1n) is 10.1. The van der Waals surface area contributed by atoms with Gasteiger partial charge in [0.2, 0.25) is 0 Å². The molecule has 2 N–H and O–H groups in total. The molecule has 0 spiro atoms. The normalized spacial score (nSPS) is 14.3. The third kappa shape index (κ3) is 8.95. The number of ether oxygens (including phenoxy) is 1. The first-order valence-corrected chi connectivity index (χ1v) is 11.6. The van der Waals surface area contributed by atoms with Gasteiger partial charge in [-0.2, -0.15) is 0 Å². The number of nitrogens with one attached hydrogen (secondary N) is 1. The van der Waals surface area contributed by atoms with E-state index < -0.39 is 37.8 Å². The van der Waals surface area contributed by atoms with E-state index in [9.17, 15) is 19.3 Å². The number of hydrogen-bond donors (Lipinski definition) is 2. The Labute approximate surface area is 183 Å². The lowest BCUT2D eigenvalue weighted by atomic mass is 9.98. The molecule has 0 aliphatic rings. The Balaban J connectivity index is 1.91. The number of benzene rings is 2. The topological polar surface area (TPSA) is 102 Å². The molecule has 0 bridgehead atoms. The van der Waals surface area contributed by atoms with Crippen LogP contribution in [0.2, 0.25) is 0 Å². The van der Waals surface area contributed by atoms with E-state index >= 15 is 0 Å². The van der Waals surface area contributed by atoms with E-state index in [2.05, 4.69) is 5.32 Å². The molecule has 0 radical (unpaired) electrons. The maximum Gasteiger partial charge on any atom is 0.409 e. The summed E-state index contributed by atoms with van der Waals surface area (Å²) in [4.78, 5) is 23.4. The average molecular weight is 447 g/mol. The van der Waals surface area contributed by atoms with Crippen molar-refractivity contribution in [2.24, 2.45) is 5.92 Å². The monoisotopic (exact) mass is 447 g/mol. The highest BCUT2D eigenvalue weighted by atomic mass is 31.1. The molecule has 0 aromatic heterocycles. The van der Waals surface area contributed by atoms with Crippen molar-refractivity contribution in [1.29, 1.82) is 0 Å². The summed E-state index contributed by atoms with van der Waals surface area (Å²) >= 11 is 0. The molecule has 0 saturated heterocycles. The van der Waals surface area contributed by atoms with Crippen LogP contribution in [0.1, 0.15) is 33.3 Å². The quantitative estimate of drug-likeness (QED) is 0.416. The van der Waals surface area contributed by atoms with E-state index in [0.717, 1.165) is 16.7 Å². The molecule has 1 amide bonds. The van der Waals surface area contributed by atoms with E-state index in [1.807, 2.05) is 54.6 Å². The van der Waals surface area contributed by atoms with Crippen LogP contribution in [0.25, 0.3) is 11.1 Å². The van der Waals surface area contributed by atoms with Crippen molar-refractivity contribution in [2.45, 2.75) is 45.9 Å². The molecule has 2 rings (SSSR count). The summed E-state index contributed by atoms with van der Waals surface area (Å²) in [6.45, 7) is 6.70. The van der Waals surface area contributed by atoms with Crippen LogP contribution in [0, 0.1) is 5.92 Å². The summed E-state index contributed by atoms with van der Waals surface area (Å²) in [6, 6.07) is 17.5.